The minimum absolute atomic E-state index is 0.0453. The Morgan fingerprint density at radius 1 is 1.53 bits per heavy atom. The van der Waals surface area contributed by atoms with Crippen molar-refractivity contribution in [3.05, 3.63) is 42.2 Å². The van der Waals surface area contributed by atoms with Crippen molar-refractivity contribution >= 4 is 5.97 Å². The number of hydrogen-bond acceptors (Lipinski definition) is 4. The maximum Gasteiger partial charge on any atom is 0.378 e. The van der Waals surface area contributed by atoms with Crippen molar-refractivity contribution in [2.45, 2.75) is 6.92 Å². The lowest BCUT2D eigenvalue weighted by Crippen LogP contribution is -2.07. The van der Waals surface area contributed by atoms with E-state index >= 15 is 0 Å². The van der Waals surface area contributed by atoms with Gasteiger partial charge in [-0.3, -0.25) is 0 Å². The molecule has 0 fully saturated rings. The van der Waals surface area contributed by atoms with Gasteiger partial charge in [-0.2, -0.15) is 0 Å². The van der Waals surface area contributed by atoms with E-state index in [2.05, 4.69) is 10.1 Å². The molecule has 0 amide bonds. The summed E-state index contributed by atoms with van der Waals surface area (Å²) in [6.45, 7) is 1.95. The molecule has 1 aromatic heterocycles. The van der Waals surface area contributed by atoms with Crippen molar-refractivity contribution in [1.29, 1.82) is 0 Å². The molecule has 0 aliphatic carbocycles. The lowest BCUT2D eigenvalue weighted by Gasteiger charge is -1.99. The molecule has 88 valence electrons. The first kappa shape index (κ1) is 11.3. The van der Waals surface area contributed by atoms with Crippen LogP contribution in [0.3, 0.4) is 0 Å². The molecular formula is C11H10FN3O2. The van der Waals surface area contributed by atoms with Crippen molar-refractivity contribution < 1.29 is 13.9 Å². The molecule has 2 aromatic rings. The largest absolute Gasteiger partial charge is 0.460 e. The molecule has 17 heavy (non-hydrogen) atoms. The summed E-state index contributed by atoms with van der Waals surface area (Å²) < 4.78 is 19.1. The van der Waals surface area contributed by atoms with Gasteiger partial charge < -0.3 is 4.74 Å². The number of carbonyl (C=O) groups is 1. The summed E-state index contributed by atoms with van der Waals surface area (Å²) in [6.07, 6.45) is 1.33. The minimum Gasteiger partial charge on any atom is -0.460 e. The molecule has 6 heteroatoms. The third-order valence-corrected chi connectivity index (χ3v) is 2.02. The van der Waals surface area contributed by atoms with E-state index in [4.69, 9.17) is 4.74 Å². The number of benzene rings is 1. The highest BCUT2D eigenvalue weighted by molar-refractivity contribution is 5.84. The number of hydrogen-bond donors (Lipinski definition) is 0. The monoisotopic (exact) mass is 235 g/mol. The van der Waals surface area contributed by atoms with Crippen molar-refractivity contribution in [2.24, 2.45) is 0 Å². The summed E-state index contributed by atoms with van der Waals surface area (Å²) in [5.41, 5.74) is 0.494. The first-order valence-corrected chi connectivity index (χ1v) is 5.05. The lowest BCUT2D eigenvalue weighted by molar-refractivity contribution is 0.0512. The summed E-state index contributed by atoms with van der Waals surface area (Å²) in [4.78, 5) is 15.1. The van der Waals surface area contributed by atoms with Gasteiger partial charge >= 0.3 is 5.97 Å². The summed E-state index contributed by atoms with van der Waals surface area (Å²) >= 11 is 0. The Kier molecular flexibility index (Phi) is 3.13. The Hall–Kier alpha value is -2.24. The van der Waals surface area contributed by atoms with Gasteiger partial charge in [-0.15, -0.1) is 5.10 Å². The summed E-state index contributed by atoms with van der Waals surface area (Å²) in [7, 11) is 0. The SMILES string of the molecule is CCOC(=O)c1ncn(-c2cccc(F)c2)n1. The van der Waals surface area contributed by atoms with Gasteiger partial charge in [0.2, 0.25) is 0 Å². The average Bonchev–Trinajstić information content (AvgIpc) is 2.78. The minimum atomic E-state index is -0.595. The molecule has 0 saturated carbocycles. The Labute approximate surface area is 96.9 Å². The molecule has 0 radical (unpaired) electrons. The molecule has 0 aliphatic rings. The van der Waals surface area contributed by atoms with E-state index in [1.165, 1.54) is 23.1 Å². The van der Waals surface area contributed by atoms with Crippen LogP contribution in [0.2, 0.25) is 0 Å². The van der Waals surface area contributed by atoms with E-state index in [1.54, 1.807) is 19.1 Å². The zero-order valence-corrected chi connectivity index (χ0v) is 9.13. The molecule has 0 saturated heterocycles. The van der Waals surface area contributed by atoms with Gasteiger partial charge in [-0.05, 0) is 25.1 Å². The van der Waals surface area contributed by atoms with E-state index in [1.807, 2.05) is 0 Å². The van der Waals surface area contributed by atoms with Crippen LogP contribution in [0.1, 0.15) is 17.5 Å². The van der Waals surface area contributed by atoms with Crippen molar-refractivity contribution in [3.8, 4) is 5.69 Å². The number of aromatic nitrogens is 3. The standard InChI is InChI=1S/C11H10FN3O2/c1-2-17-11(16)10-13-7-15(14-10)9-5-3-4-8(12)6-9/h3-7H,2H2,1H3. The molecule has 1 heterocycles. The first-order valence-electron chi connectivity index (χ1n) is 5.05. The number of esters is 1. The van der Waals surface area contributed by atoms with Crippen LogP contribution in [0.5, 0.6) is 0 Å². The molecule has 0 atom stereocenters. The first-order chi connectivity index (χ1) is 8.20. The van der Waals surface area contributed by atoms with Gasteiger partial charge in [0.05, 0.1) is 12.3 Å². The fourth-order valence-corrected chi connectivity index (χ4v) is 1.30. The number of carbonyl (C=O) groups excluding carboxylic acids is 1. The second-order valence-electron chi connectivity index (χ2n) is 3.21. The second-order valence-corrected chi connectivity index (χ2v) is 3.21. The van der Waals surface area contributed by atoms with Gasteiger partial charge in [0.25, 0.3) is 5.82 Å². The van der Waals surface area contributed by atoms with E-state index in [0.29, 0.717) is 5.69 Å². The van der Waals surface area contributed by atoms with E-state index < -0.39 is 5.97 Å². The quantitative estimate of drug-likeness (QED) is 0.758. The highest BCUT2D eigenvalue weighted by Crippen LogP contribution is 2.08. The number of rotatable bonds is 3. The summed E-state index contributed by atoms with van der Waals surface area (Å²) in [5, 5.41) is 3.90. The molecule has 0 unspecified atom stereocenters. The topological polar surface area (TPSA) is 57.0 Å². The van der Waals surface area contributed by atoms with Crippen LogP contribution in [0.4, 0.5) is 4.39 Å². The highest BCUT2D eigenvalue weighted by Gasteiger charge is 2.12. The molecule has 0 aliphatic heterocycles. The fraction of sp³-hybridized carbons (Fsp3) is 0.182. The highest BCUT2D eigenvalue weighted by atomic mass is 19.1. The molecule has 0 spiro atoms. The summed E-state index contributed by atoms with van der Waals surface area (Å²) in [6, 6.07) is 5.83. The van der Waals surface area contributed by atoms with Gasteiger partial charge in [0, 0.05) is 0 Å². The van der Waals surface area contributed by atoms with Crippen LogP contribution in [0, 0.1) is 5.82 Å². The number of nitrogens with zero attached hydrogens (tertiary/aromatic N) is 3. The zero-order valence-electron chi connectivity index (χ0n) is 9.13. The second kappa shape index (κ2) is 4.73. The fourth-order valence-electron chi connectivity index (χ4n) is 1.30. The van der Waals surface area contributed by atoms with E-state index in [0.717, 1.165) is 0 Å². The van der Waals surface area contributed by atoms with Crippen molar-refractivity contribution in [2.75, 3.05) is 6.61 Å². The number of halogens is 1. The van der Waals surface area contributed by atoms with E-state index in [-0.39, 0.29) is 18.2 Å². The molecule has 1 aromatic carbocycles. The van der Waals surface area contributed by atoms with Crippen LogP contribution in [-0.2, 0) is 4.74 Å². The Morgan fingerprint density at radius 3 is 3.06 bits per heavy atom. The third-order valence-electron chi connectivity index (χ3n) is 2.02. The predicted octanol–water partition coefficient (Wildman–Crippen LogP) is 1.58. The summed E-state index contributed by atoms with van der Waals surface area (Å²) in [5.74, 6) is -1.02. The van der Waals surface area contributed by atoms with Gasteiger partial charge in [-0.25, -0.2) is 18.9 Å². The maximum atomic E-state index is 13.0. The van der Waals surface area contributed by atoms with E-state index in [9.17, 15) is 9.18 Å². The molecule has 5 nitrogen and oxygen atoms in total. The van der Waals surface area contributed by atoms with Gasteiger partial charge in [-0.1, -0.05) is 6.07 Å². The lowest BCUT2D eigenvalue weighted by atomic mass is 10.3. The third kappa shape index (κ3) is 2.47. The van der Waals surface area contributed by atoms with Crippen LogP contribution in [0.25, 0.3) is 5.69 Å². The van der Waals surface area contributed by atoms with Crippen molar-refractivity contribution in [3.63, 3.8) is 0 Å². The molecule has 0 N–H and O–H groups in total. The molecule has 2 rings (SSSR count). The van der Waals surface area contributed by atoms with Crippen LogP contribution < -0.4 is 0 Å². The average molecular weight is 235 g/mol. The Morgan fingerprint density at radius 2 is 2.35 bits per heavy atom. The number of ether oxygens (including phenoxy) is 1. The Bertz CT molecular complexity index is 539. The smallest absolute Gasteiger partial charge is 0.378 e. The molecular weight excluding hydrogens is 225 g/mol. The normalized spacial score (nSPS) is 10.2. The van der Waals surface area contributed by atoms with Crippen LogP contribution >= 0.6 is 0 Å². The zero-order chi connectivity index (χ0) is 12.3. The van der Waals surface area contributed by atoms with Crippen LogP contribution in [0.15, 0.2) is 30.6 Å². The van der Waals surface area contributed by atoms with Gasteiger partial charge in [0.15, 0.2) is 0 Å². The van der Waals surface area contributed by atoms with Crippen LogP contribution in [-0.4, -0.2) is 27.3 Å². The predicted molar refractivity (Wildman–Crippen MR) is 57.3 cm³/mol. The molecule has 0 bridgehead atoms. The maximum absolute atomic E-state index is 13.0. The van der Waals surface area contributed by atoms with Gasteiger partial charge in [0.1, 0.15) is 12.1 Å². The van der Waals surface area contributed by atoms with Crippen molar-refractivity contribution in [1.82, 2.24) is 14.8 Å². The Balaban J connectivity index is 2.27.